The molecule has 0 fully saturated rings. The lowest BCUT2D eigenvalue weighted by Gasteiger charge is -2.30. The third-order valence-electron chi connectivity index (χ3n) is 2.88. The molecule has 94 valence electrons. The second-order valence-corrected chi connectivity index (χ2v) is 4.28. The second-order valence-electron chi connectivity index (χ2n) is 3.90. The van der Waals surface area contributed by atoms with Crippen molar-refractivity contribution in [1.29, 1.82) is 0 Å². The quantitative estimate of drug-likeness (QED) is 0.732. The zero-order valence-electron chi connectivity index (χ0n) is 10.4. The zero-order valence-corrected chi connectivity index (χ0v) is 11.2. The molecule has 0 bridgehead atoms. The Balaban J connectivity index is 2.87. The number of rotatable bonds is 6. The molecule has 1 heterocycles. The zero-order chi connectivity index (χ0) is 12.7. The van der Waals surface area contributed by atoms with Crippen molar-refractivity contribution in [2.45, 2.75) is 32.7 Å². The maximum absolute atomic E-state index is 12.3. The van der Waals surface area contributed by atoms with Crippen LogP contribution in [0.4, 0.5) is 0 Å². The predicted octanol–water partition coefficient (Wildman–Crippen LogP) is 2.95. The van der Waals surface area contributed by atoms with E-state index in [0.29, 0.717) is 18.0 Å². The third kappa shape index (κ3) is 3.70. The Morgan fingerprint density at radius 2 is 2.18 bits per heavy atom. The summed E-state index contributed by atoms with van der Waals surface area (Å²) in [6.45, 7) is 4.76. The first-order chi connectivity index (χ1) is 8.24. The fraction of sp³-hybridized carbons (Fsp3) is 0.538. The van der Waals surface area contributed by atoms with Gasteiger partial charge in [-0.2, -0.15) is 0 Å². The first-order valence-electron chi connectivity index (χ1n) is 6.01. The molecular formula is C13H19ClN2O. The van der Waals surface area contributed by atoms with Crippen molar-refractivity contribution in [3.63, 3.8) is 0 Å². The van der Waals surface area contributed by atoms with Gasteiger partial charge in [-0.1, -0.05) is 13.8 Å². The monoisotopic (exact) mass is 254 g/mol. The van der Waals surface area contributed by atoms with Crippen LogP contribution in [-0.4, -0.2) is 34.3 Å². The summed E-state index contributed by atoms with van der Waals surface area (Å²) >= 11 is 5.78. The molecule has 0 N–H and O–H groups in total. The Hall–Kier alpha value is -1.09. The Morgan fingerprint density at radius 1 is 1.47 bits per heavy atom. The summed E-state index contributed by atoms with van der Waals surface area (Å²) in [5.41, 5.74) is 0.629. The first kappa shape index (κ1) is 14.0. The number of aromatic nitrogens is 1. The maximum Gasteiger partial charge on any atom is 0.255 e. The predicted molar refractivity (Wildman–Crippen MR) is 70.4 cm³/mol. The molecule has 0 saturated carbocycles. The number of carbonyl (C=O) groups is 1. The van der Waals surface area contributed by atoms with E-state index in [2.05, 4.69) is 18.8 Å². The van der Waals surface area contributed by atoms with Crippen LogP contribution in [0, 0.1) is 0 Å². The van der Waals surface area contributed by atoms with Crippen molar-refractivity contribution in [2.75, 3.05) is 12.4 Å². The molecule has 1 rings (SSSR count). The maximum atomic E-state index is 12.3. The number of alkyl halides is 1. The lowest BCUT2D eigenvalue weighted by atomic mass is 10.1. The standard InChI is InChI=1S/C13H19ClN2O/c1-3-12(4-2)16(9-7-14)13(17)11-6-5-8-15-10-11/h5-6,8,10,12H,3-4,7,9H2,1-2H3. The second kappa shape index (κ2) is 7.28. The molecule has 3 nitrogen and oxygen atoms in total. The van der Waals surface area contributed by atoms with Crippen molar-refractivity contribution in [1.82, 2.24) is 9.88 Å². The van der Waals surface area contributed by atoms with Gasteiger partial charge in [0, 0.05) is 30.9 Å². The summed E-state index contributed by atoms with van der Waals surface area (Å²) in [6.07, 6.45) is 5.16. The molecule has 0 spiro atoms. The molecule has 0 unspecified atom stereocenters. The van der Waals surface area contributed by atoms with E-state index in [-0.39, 0.29) is 11.9 Å². The number of hydrogen-bond acceptors (Lipinski definition) is 2. The van der Waals surface area contributed by atoms with Gasteiger partial charge in [-0.3, -0.25) is 9.78 Å². The number of amides is 1. The minimum atomic E-state index is 0.0208. The van der Waals surface area contributed by atoms with Crippen molar-refractivity contribution in [3.8, 4) is 0 Å². The molecule has 17 heavy (non-hydrogen) atoms. The molecule has 1 amide bonds. The van der Waals surface area contributed by atoms with E-state index in [4.69, 9.17) is 11.6 Å². The first-order valence-corrected chi connectivity index (χ1v) is 6.55. The molecule has 0 aromatic carbocycles. The number of carbonyl (C=O) groups excluding carboxylic acids is 1. The van der Waals surface area contributed by atoms with E-state index in [1.165, 1.54) is 0 Å². The molecule has 0 aliphatic carbocycles. The molecule has 0 radical (unpaired) electrons. The van der Waals surface area contributed by atoms with Crippen LogP contribution < -0.4 is 0 Å². The van der Waals surface area contributed by atoms with Gasteiger partial charge >= 0.3 is 0 Å². The molecule has 1 aromatic rings. The van der Waals surface area contributed by atoms with Gasteiger partial charge < -0.3 is 4.90 Å². The van der Waals surface area contributed by atoms with Gasteiger partial charge in [-0.15, -0.1) is 11.6 Å². The third-order valence-corrected chi connectivity index (χ3v) is 3.05. The fourth-order valence-corrected chi connectivity index (χ4v) is 2.11. The normalized spacial score (nSPS) is 10.6. The van der Waals surface area contributed by atoms with Crippen molar-refractivity contribution < 1.29 is 4.79 Å². The summed E-state index contributed by atoms with van der Waals surface area (Å²) in [4.78, 5) is 18.2. The molecule has 1 aromatic heterocycles. The number of nitrogens with zero attached hydrogens (tertiary/aromatic N) is 2. The van der Waals surface area contributed by atoms with E-state index >= 15 is 0 Å². The highest BCUT2D eigenvalue weighted by atomic mass is 35.5. The minimum Gasteiger partial charge on any atom is -0.334 e. The van der Waals surface area contributed by atoms with Crippen LogP contribution in [0.3, 0.4) is 0 Å². The lowest BCUT2D eigenvalue weighted by molar-refractivity contribution is 0.0681. The summed E-state index contributed by atoms with van der Waals surface area (Å²) in [7, 11) is 0. The van der Waals surface area contributed by atoms with Crippen LogP contribution in [-0.2, 0) is 0 Å². The summed E-state index contributed by atoms with van der Waals surface area (Å²) in [6, 6.07) is 3.82. The number of hydrogen-bond donors (Lipinski definition) is 0. The molecule has 0 saturated heterocycles. The number of pyridine rings is 1. The highest BCUT2D eigenvalue weighted by Crippen LogP contribution is 2.13. The van der Waals surface area contributed by atoms with E-state index < -0.39 is 0 Å². The smallest absolute Gasteiger partial charge is 0.255 e. The summed E-state index contributed by atoms with van der Waals surface area (Å²) in [5, 5.41) is 0. The lowest BCUT2D eigenvalue weighted by Crippen LogP contribution is -2.41. The average Bonchev–Trinajstić information content (AvgIpc) is 2.39. The Kier molecular flexibility index (Phi) is 5.98. The van der Waals surface area contributed by atoms with Gasteiger partial charge in [0.05, 0.1) is 5.56 Å². The van der Waals surface area contributed by atoms with Gasteiger partial charge in [0.25, 0.3) is 5.91 Å². The Bertz CT molecular complexity index is 339. The van der Waals surface area contributed by atoms with E-state index in [1.807, 2.05) is 4.90 Å². The minimum absolute atomic E-state index is 0.0208. The summed E-state index contributed by atoms with van der Waals surface area (Å²) in [5.74, 6) is 0.482. The van der Waals surface area contributed by atoms with Crippen molar-refractivity contribution >= 4 is 17.5 Å². The fourth-order valence-electron chi connectivity index (χ4n) is 1.93. The van der Waals surface area contributed by atoms with Crippen molar-refractivity contribution in [2.24, 2.45) is 0 Å². The van der Waals surface area contributed by atoms with E-state index in [1.54, 1.807) is 24.5 Å². The van der Waals surface area contributed by atoms with Gasteiger partial charge in [0.15, 0.2) is 0 Å². The van der Waals surface area contributed by atoms with E-state index in [0.717, 1.165) is 12.8 Å². The largest absolute Gasteiger partial charge is 0.334 e. The van der Waals surface area contributed by atoms with Crippen LogP contribution in [0.1, 0.15) is 37.0 Å². The van der Waals surface area contributed by atoms with E-state index in [9.17, 15) is 4.79 Å². The average molecular weight is 255 g/mol. The summed E-state index contributed by atoms with van der Waals surface area (Å²) < 4.78 is 0. The van der Waals surface area contributed by atoms with Crippen LogP contribution in [0.5, 0.6) is 0 Å². The highest BCUT2D eigenvalue weighted by molar-refractivity contribution is 6.18. The molecule has 4 heteroatoms. The molecule has 0 aliphatic heterocycles. The molecule has 0 aliphatic rings. The highest BCUT2D eigenvalue weighted by Gasteiger charge is 2.21. The van der Waals surface area contributed by atoms with Gasteiger partial charge in [0.1, 0.15) is 0 Å². The Morgan fingerprint density at radius 3 is 2.65 bits per heavy atom. The topological polar surface area (TPSA) is 33.2 Å². The van der Waals surface area contributed by atoms with Crippen molar-refractivity contribution in [3.05, 3.63) is 30.1 Å². The van der Waals surface area contributed by atoms with Gasteiger partial charge in [-0.25, -0.2) is 0 Å². The van der Waals surface area contributed by atoms with Crippen LogP contribution in [0.15, 0.2) is 24.5 Å². The van der Waals surface area contributed by atoms with Crippen LogP contribution in [0.2, 0.25) is 0 Å². The van der Waals surface area contributed by atoms with Gasteiger partial charge in [0.2, 0.25) is 0 Å². The Labute approximate surface area is 108 Å². The molecule has 0 atom stereocenters. The van der Waals surface area contributed by atoms with Gasteiger partial charge in [-0.05, 0) is 25.0 Å². The molecular weight excluding hydrogens is 236 g/mol. The SMILES string of the molecule is CCC(CC)N(CCCl)C(=O)c1cccnc1. The number of halogens is 1. The van der Waals surface area contributed by atoms with Crippen LogP contribution in [0.25, 0.3) is 0 Å². The van der Waals surface area contributed by atoms with Crippen LogP contribution >= 0.6 is 11.6 Å².